The molecule has 0 aliphatic heterocycles. The van der Waals surface area contributed by atoms with Gasteiger partial charge in [-0.1, -0.05) is 41.4 Å². The Kier molecular flexibility index (Phi) is 8.31. The van der Waals surface area contributed by atoms with Crippen LogP contribution in [0.3, 0.4) is 0 Å². The van der Waals surface area contributed by atoms with Crippen molar-refractivity contribution in [2.24, 2.45) is 5.10 Å². The van der Waals surface area contributed by atoms with Crippen LogP contribution in [-0.2, 0) is 9.53 Å². The fraction of sp³-hybridized carbons (Fsp3) is 0.304. The predicted molar refractivity (Wildman–Crippen MR) is 137 cm³/mol. The highest BCUT2D eigenvalue weighted by Crippen LogP contribution is 2.33. The largest absolute Gasteiger partial charge is 0.477 e. The van der Waals surface area contributed by atoms with Crippen molar-refractivity contribution in [1.29, 1.82) is 0 Å². The smallest absolute Gasteiger partial charge is 0.347 e. The highest BCUT2D eigenvalue weighted by Gasteiger charge is 2.20. The van der Waals surface area contributed by atoms with Crippen LogP contribution < -0.4 is 10.3 Å². The molecule has 1 heterocycles. The quantitative estimate of drug-likeness (QED) is 0.249. The summed E-state index contributed by atoms with van der Waals surface area (Å²) in [5.41, 5.74) is 0.766. The number of benzene rings is 2. The van der Waals surface area contributed by atoms with E-state index >= 15 is 0 Å². The lowest BCUT2D eigenvalue weighted by atomic mass is 10.2. The molecule has 3 aromatic rings. The average molecular weight is 600 g/mol. The van der Waals surface area contributed by atoms with Crippen LogP contribution in [-0.4, -0.2) is 34.6 Å². The van der Waals surface area contributed by atoms with E-state index in [0.29, 0.717) is 37.5 Å². The fourth-order valence-electron chi connectivity index (χ4n) is 3.06. The zero-order valence-corrected chi connectivity index (χ0v) is 22.4. The second-order valence-corrected chi connectivity index (χ2v) is 9.67. The van der Waals surface area contributed by atoms with E-state index in [1.165, 1.54) is 10.9 Å². The van der Waals surface area contributed by atoms with Crippen molar-refractivity contribution < 1.29 is 14.3 Å². The molecule has 1 aromatic heterocycles. The van der Waals surface area contributed by atoms with E-state index in [-0.39, 0.29) is 18.1 Å². The summed E-state index contributed by atoms with van der Waals surface area (Å²) in [5, 5.41) is 5.30. The van der Waals surface area contributed by atoms with Crippen LogP contribution in [0.15, 0.2) is 49.2 Å². The van der Waals surface area contributed by atoms with Crippen LogP contribution in [0.1, 0.15) is 45.0 Å². The molecule has 0 radical (unpaired) electrons. The van der Waals surface area contributed by atoms with E-state index in [0.717, 1.165) is 4.47 Å². The third-order valence-electron chi connectivity index (χ3n) is 4.61. The number of hydrogen-bond acceptors (Lipinski definition) is 6. The summed E-state index contributed by atoms with van der Waals surface area (Å²) in [4.78, 5) is 29.9. The van der Waals surface area contributed by atoms with Crippen LogP contribution in [0, 0.1) is 0 Å². The molecule has 0 fully saturated rings. The average Bonchev–Trinajstić information content (AvgIpc) is 2.75. The molecule has 0 bridgehead atoms. The van der Waals surface area contributed by atoms with E-state index in [1.807, 2.05) is 19.9 Å². The van der Waals surface area contributed by atoms with Gasteiger partial charge in [0.2, 0.25) is 0 Å². The van der Waals surface area contributed by atoms with Crippen LogP contribution >= 0.6 is 43.5 Å². The summed E-state index contributed by atoms with van der Waals surface area (Å²) in [5.74, 6) is 0.298. The first kappa shape index (κ1) is 25.4. The SMILES string of the molecule is CCOC(=O)[C@H](C)Oc1c(Br)cc(Cl)cc1C=Nn1c(C(C)C)nc2ccc(Br)cc2c1=O. The monoisotopic (exact) mass is 597 g/mol. The van der Waals surface area contributed by atoms with Crippen molar-refractivity contribution >= 4 is 66.5 Å². The zero-order valence-electron chi connectivity index (χ0n) is 18.4. The molecule has 2 aromatic carbocycles. The molecule has 10 heteroatoms. The van der Waals surface area contributed by atoms with Crippen LogP contribution in [0.4, 0.5) is 0 Å². The molecule has 0 aliphatic rings. The number of ether oxygens (including phenoxy) is 2. The van der Waals surface area contributed by atoms with Gasteiger partial charge in [0.05, 0.1) is 28.2 Å². The third-order valence-corrected chi connectivity index (χ3v) is 5.91. The van der Waals surface area contributed by atoms with E-state index in [4.69, 9.17) is 21.1 Å². The first-order valence-corrected chi connectivity index (χ1v) is 12.2. The van der Waals surface area contributed by atoms with Crippen molar-refractivity contribution in [2.75, 3.05) is 6.61 Å². The van der Waals surface area contributed by atoms with Gasteiger partial charge in [-0.25, -0.2) is 9.78 Å². The van der Waals surface area contributed by atoms with Gasteiger partial charge in [0.1, 0.15) is 11.6 Å². The normalized spacial score (nSPS) is 12.5. The molecule has 1 atom stereocenters. The lowest BCUT2D eigenvalue weighted by Gasteiger charge is -2.17. The highest BCUT2D eigenvalue weighted by atomic mass is 79.9. The Morgan fingerprint density at radius 2 is 1.97 bits per heavy atom. The number of rotatable bonds is 7. The second kappa shape index (κ2) is 10.8. The highest BCUT2D eigenvalue weighted by molar-refractivity contribution is 9.10. The van der Waals surface area contributed by atoms with Crippen molar-refractivity contribution in [2.45, 2.75) is 39.7 Å². The van der Waals surface area contributed by atoms with E-state index in [1.54, 1.807) is 38.1 Å². The Labute approximate surface area is 213 Å². The molecule has 0 unspecified atom stereocenters. The standard InChI is InChI=1S/C23H22Br2ClN3O4/c1-5-32-23(31)13(4)33-20-14(8-16(26)10-18(20)25)11-27-29-21(12(2)3)28-19-7-6-15(24)9-17(19)22(29)30/h6-13H,5H2,1-4H3/t13-/m0/s1. The molecular formula is C23H22Br2ClN3O4. The van der Waals surface area contributed by atoms with Crippen LogP contribution in [0.2, 0.25) is 5.02 Å². The van der Waals surface area contributed by atoms with Gasteiger partial charge in [-0.15, -0.1) is 0 Å². The molecule has 0 N–H and O–H groups in total. The van der Waals surface area contributed by atoms with Crippen LogP contribution in [0.25, 0.3) is 10.9 Å². The van der Waals surface area contributed by atoms with Gasteiger partial charge in [-0.3, -0.25) is 4.79 Å². The van der Waals surface area contributed by atoms with Gasteiger partial charge in [0.15, 0.2) is 6.10 Å². The molecule has 0 saturated heterocycles. The Balaban J connectivity index is 2.11. The van der Waals surface area contributed by atoms with Gasteiger partial charge in [-0.2, -0.15) is 9.78 Å². The number of aromatic nitrogens is 2. The summed E-state index contributed by atoms with van der Waals surface area (Å²) in [6, 6.07) is 8.62. The van der Waals surface area contributed by atoms with Crippen molar-refractivity contribution in [1.82, 2.24) is 9.66 Å². The number of halogens is 3. The predicted octanol–water partition coefficient (Wildman–Crippen LogP) is 5.91. The first-order valence-electron chi connectivity index (χ1n) is 10.2. The van der Waals surface area contributed by atoms with Gasteiger partial charge in [0.25, 0.3) is 5.56 Å². The van der Waals surface area contributed by atoms with Crippen molar-refractivity contribution in [3.63, 3.8) is 0 Å². The van der Waals surface area contributed by atoms with Gasteiger partial charge >= 0.3 is 5.97 Å². The molecule has 7 nitrogen and oxygen atoms in total. The maximum Gasteiger partial charge on any atom is 0.347 e. The first-order chi connectivity index (χ1) is 15.6. The zero-order chi connectivity index (χ0) is 24.3. The maximum absolute atomic E-state index is 13.2. The molecule has 0 spiro atoms. The van der Waals surface area contributed by atoms with Gasteiger partial charge < -0.3 is 9.47 Å². The van der Waals surface area contributed by atoms with Gasteiger partial charge in [0, 0.05) is 21.0 Å². The fourth-order valence-corrected chi connectivity index (χ4v) is 4.34. The second-order valence-electron chi connectivity index (χ2n) is 7.47. The number of hydrogen-bond donors (Lipinski definition) is 0. The molecule has 0 saturated carbocycles. The molecule has 174 valence electrons. The Morgan fingerprint density at radius 3 is 2.64 bits per heavy atom. The lowest BCUT2D eigenvalue weighted by Crippen LogP contribution is -2.26. The van der Waals surface area contributed by atoms with E-state index in [9.17, 15) is 9.59 Å². The summed E-state index contributed by atoms with van der Waals surface area (Å²) < 4.78 is 13.4. The maximum atomic E-state index is 13.2. The molecular weight excluding hydrogens is 578 g/mol. The lowest BCUT2D eigenvalue weighted by molar-refractivity contribution is -0.150. The topological polar surface area (TPSA) is 82.8 Å². The Bertz CT molecular complexity index is 1290. The molecule has 0 amide bonds. The third kappa shape index (κ3) is 5.83. The minimum Gasteiger partial charge on any atom is -0.477 e. The molecule has 3 rings (SSSR count). The van der Waals surface area contributed by atoms with Crippen molar-refractivity contribution in [3.05, 3.63) is 66.0 Å². The van der Waals surface area contributed by atoms with Crippen molar-refractivity contribution in [3.8, 4) is 5.75 Å². The summed E-state index contributed by atoms with van der Waals surface area (Å²) in [6.07, 6.45) is 0.603. The minimum atomic E-state index is -0.858. The van der Waals surface area contributed by atoms with E-state index < -0.39 is 12.1 Å². The summed E-state index contributed by atoms with van der Waals surface area (Å²) >= 11 is 13.1. The van der Waals surface area contributed by atoms with Crippen LogP contribution in [0.5, 0.6) is 5.75 Å². The Morgan fingerprint density at radius 1 is 1.24 bits per heavy atom. The Hall–Kier alpha value is -2.23. The number of fused-ring (bicyclic) bond motifs is 1. The van der Waals surface area contributed by atoms with Gasteiger partial charge in [-0.05, 0) is 60.1 Å². The number of nitrogens with zero attached hydrogens (tertiary/aromatic N) is 3. The summed E-state index contributed by atoms with van der Waals surface area (Å²) in [7, 11) is 0. The molecule has 0 aliphatic carbocycles. The molecule has 33 heavy (non-hydrogen) atoms. The summed E-state index contributed by atoms with van der Waals surface area (Å²) in [6.45, 7) is 7.43. The minimum absolute atomic E-state index is 0.0615. The van der Waals surface area contributed by atoms with E-state index in [2.05, 4.69) is 41.9 Å². The number of carbonyl (C=O) groups is 1. The number of carbonyl (C=O) groups excluding carboxylic acids is 1. The number of esters is 1.